The van der Waals surface area contributed by atoms with Gasteiger partial charge < -0.3 is 9.84 Å². The maximum absolute atomic E-state index is 11.3. The molecule has 18 heavy (non-hydrogen) atoms. The number of aryl methyl sites for hydroxylation is 1. The highest BCUT2D eigenvalue weighted by molar-refractivity contribution is 5.88. The molecule has 1 N–H and O–H groups in total. The molecular formula is C13H15NO4. The van der Waals surface area contributed by atoms with E-state index in [0.717, 1.165) is 5.56 Å². The number of carbonyl (C=O) groups excluding carboxylic acids is 1. The molecule has 0 radical (unpaired) electrons. The molecule has 0 amide bonds. The lowest BCUT2D eigenvalue weighted by atomic mass is 10.1. The standard InChI is InChI=1S/C13H15NO4/c1-2-18-13(16)12(14-17)11(15)9-8-10-6-4-3-5-7-10/h3-7,15H,2,8-9H2,1H3. The Labute approximate surface area is 105 Å². The SMILES string of the molecule is CCOC(=O)C(N=O)=C(O)CCc1ccccc1. The van der Waals surface area contributed by atoms with Crippen LogP contribution in [0, 0.1) is 4.91 Å². The van der Waals surface area contributed by atoms with Crippen LogP contribution < -0.4 is 0 Å². The summed E-state index contributed by atoms with van der Waals surface area (Å²) in [6, 6.07) is 9.42. The molecule has 0 saturated heterocycles. The van der Waals surface area contributed by atoms with Gasteiger partial charge in [-0.1, -0.05) is 30.3 Å². The third kappa shape index (κ3) is 4.01. The van der Waals surface area contributed by atoms with Crippen LogP contribution in [0.5, 0.6) is 0 Å². The molecule has 0 bridgehead atoms. The van der Waals surface area contributed by atoms with Crippen molar-refractivity contribution in [2.75, 3.05) is 6.61 Å². The topological polar surface area (TPSA) is 76.0 Å². The first kappa shape index (κ1) is 13.9. The molecule has 0 aliphatic heterocycles. The number of hydrogen-bond donors (Lipinski definition) is 1. The molecule has 96 valence electrons. The number of allylic oxidation sites excluding steroid dienone is 1. The van der Waals surface area contributed by atoms with Crippen molar-refractivity contribution in [3.63, 3.8) is 0 Å². The summed E-state index contributed by atoms with van der Waals surface area (Å²) in [7, 11) is 0. The maximum Gasteiger partial charge on any atom is 0.364 e. The molecule has 0 saturated carbocycles. The fraction of sp³-hybridized carbons (Fsp3) is 0.308. The van der Waals surface area contributed by atoms with Crippen LogP contribution in [0.25, 0.3) is 0 Å². The number of aliphatic hydroxyl groups is 1. The fourth-order valence-electron chi connectivity index (χ4n) is 1.43. The van der Waals surface area contributed by atoms with E-state index in [1.807, 2.05) is 30.3 Å². The molecule has 0 aliphatic carbocycles. The van der Waals surface area contributed by atoms with Crippen molar-refractivity contribution in [3.05, 3.63) is 52.3 Å². The molecule has 5 heteroatoms. The minimum absolute atomic E-state index is 0.129. The van der Waals surface area contributed by atoms with E-state index in [9.17, 15) is 14.8 Å². The summed E-state index contributed by atoms with van der Waals surface area (Å²) in [5, 5.41) is 12.2. The lowest BCUT2D eigenvalue weighted by molar-refractivity contribution is -0.138. The largest absolute Gasteiger partial charge is 0.510 e. The van der Waals surface area contributed by atoms with Gasteiger partial charge in [0.25, 0.3) is 0 Å². The van der Waals surface area contributed by atoms with Crippen LogP contribution in [-0.4, -0.2) is 17.7 Å². The second-order valence-corrected chi connectivity index (χ2v) is 3.59. The monoisotopic (exact) mass is 249 g/mol. The Morgan fingerprint density at radius 3 is 2.56 bits per heavy atom. The van der Waals surface area contributed by atoms with Crippen molar-refractivity contribution in [3.8, 4) is 0 Å². The van der Waals surface area contributed by atoms with Crippen molar-refractivity contribution < 1.29 is 14.6 Å². The number of hydrogen-bond acceptors (Lipinski definition) is 5. The number of esters is 1. The molecule has 0 aromatic heterocycles. The number of nitroso groups, excluding NO2 is 1. The van der Waals surface area contributed by atoms with Crippen LogP contribution in [0.2, 0.25) is 0 Å². The van der Waals surface area contributed by atoms with Gasteiger partial charge in [-0.25, -0.2) is 4.79 Å². The van der Waals surface area contributed by atoms with Crippen molar-refractivity contribution in [2.24, 2.45) is 5.18 Å². The highest BCUT2D eigenvalue weighted by Gasteiger charge is 2.17. The Bertz CT molecular complexity index is 440. The van der Waals surface area contributed by atoms with Gasteiger partial charge in [-0.2, -0.15) is 0 Å². The first-order valence-corrected chi connectivity index (χ1v) is 5.65. The van der Waals surface area contributed by atoms with Gasteiger partial charge in [0.15, 0.2) is 0 Å². The average Bonchev–Trinajstić information content (AvgIpc) is 2.39. The number of aliphatic hydroxyl groups excluding tert-OH is 1. The molecule has 1 aromatic carbocycles. The Morgan fingerprint density at radius 2 is 2.00 bits per heavy atom. The summed E-state index contributed by atoms with van der Waals surface area (Å²) < 4.78 is 4.62. The normalized spacial score (nSPS) is 11.6. The van der Waals surface area contributed by atoms with E-state index < -0.39 is 11.7 Å². The first-order valence-electron chi connectivity index (χ1n) is 5.65. The summed E-state index contributed by atoms with van der Waals surface area (Å²) in [4.78, 5) is 21.8. The minimum atomic E-state index is -0.891. The Hall–Kier alpha value is -2.17. The lowest BCUT2D eigenvalue weighted by Crippen LogP contribution is -2.09. The predicted molar refractivity (Wildman–Crippen MR) is 66.8 cm³/mol. The number of carbonyl (C=O) groups is 1. The van der Waals surface area contributed by atoms with Crippen LogP contribution >= 0.6 is 0 Å². The molecular weight excluding hydrogens is 234 g/mol. The molecule has 0 aliphatic rings. The van der Waals surface area contributed by atoms with Crippen LogP contribution in [-0.2, 0) is 16.0 Å². The molecule has 5 nitrogen and oxygen atoms in total. The quantitative estimate of drug-likeness (QED) is 0.364. The molecule has 0 atom stereocenters. The van der Waals surface area contributed by atoms with Crippen molar-refractivity contribution in [2.45, 2.75) is 19.8 Å². The summed E-state index contributed by atoms with van der Waals surface area (Å²) in [6.07, 6.45) is 0.689. The zero-order valence-electron chi connectivity index (χ0n) is 10.1. The average molecular weight is 249 g/mol. The van der Waals surface area contributed by atoms with Crippen LogP contribution in [0.3, 0.4) is 0 Å². The summed E-state index contributed by atoms with van der Waals surface area (Å²) in [6.45, 7) is 1.74. The Balaban J connectivity index is 2.69. The zero-order valence-corrected chi connectivity index (χ0v) is 10.1. The van der Waals surface area contributed by atoms with Gasteiger partial charge in [0.05, 0.1) is 6.61 Å². The third-order valence-corrected chi connectivity index (χ3v) is 2.33. The number of benzene rings is 1. The van der Waals surface area contributed by atoms with Crippen LogP contribution in [0.4, 0.5) is 0 Å². The molecule has 0 unspecified atom stereocenters. The van der Waals surface area contributed by atoms with Gasteiger partial charge in [0, 0.05) is 6.42 Å². The van der Waals surface area contributed by atoms with Crippen molar-refractivity contribution >= 4 is 5.97 Å². The Morgan fingerprint density at radius 1 is 1.33 bits per heavy atom. The summed E-state index contributed by atoms with van der Waals surface area (Å²) >= 11 is 0. The van der Waals surface area contributed by atoms with Crippen LogP contribution in [0.1, 0.15) is 18.9 Å². The van der Waals surface area contributed by atoms with Gasteiger partial charge in [-0.05, 0) is 24.1 Å². The first-order chi connectivity index (χ1) is 8.69. The molecule has 0 fully saturated rings. The molecule has 1 aromatic rings. The second kappa shape index (κ2) is 7.21. The molecule has 1 rings (SSSR count). The maximum atomic E-state index is 11.3. The van der Waals surface area contributed by atoms with Gasteiger partial charge in [-0.3, -0.25) is 0 Å². The van der Waals surface area contributed by atoms with Crippen molar-refractivity contribution in [1.29, 1.82) is 0 Å². The third-order valence-electron chi connectivity index (χ3n) is 2.33. The smallest absolute Gasteiger partial charge is 0.364 e. The summed E-state index contributed by atoms with van der Waals surface area (Å²) in [5.41, 5.74) is 0.450. The van der Waals surface area contributed by atoms with Gasteiger partial charge in [0.2, 0.25) is 5.70 Å². The summed E-state index contributed by atoms with van der Waals surface area (Å²) in [5.74, 6) is -1.23. The van der Waals surface area contributed by atoms with E-state index in [1.165, 1.54) is 0 Å². The van der Waals surface area contributed by atoms with Gasteiger partial charge >= 0.3 is 5.97 Å². The number of rotatable bonds is 6. The highest BCUT2D eigenvalue weighted by atomic mass is 16.5. The van der Waals surface area contributed by atoms with E-state index in [4.69, 9.17) is 0 Å². The highest BCUT2D eigenvalue weighted by Crippen LogP contribution is 2.13. The zero-order chi connectivity index (χ0) is 13.4. The molecule has 0 heterocycles. The lowest BCUT2D eigenvalue weighted by Gasteiger charge is -2.04. The van der Waals surface area contributed by atoms with Gasteiger partial charge in [-0.15, -0.1) is 4.91 Å². The van der Waals surface area contributed by atoms with E-state index >= 15 is 0 Å². The van der Waals surface area contributed by atoms with Crippen molar-refractivity contribution in [1.82, 2.24) is 0 Å². The Kier molecular flexibility index (Phi) is 5.57. The molecule has 0 spiro atoms. The van der Waals surface area contributed by atoms with E-state index in [2.05, 4.69) is 9.91 Å². The van der Waals surface area contributed by atoms with Gasteiger partial charge in [0.1, 0.15) is 5.76 Å². The van der Waals surface area contributed by atoms with Crippen LogP contribution in [0.15, 0.2) is 47.0 Å². The van der Waals surface area contributed by atoms with E-state index in [-0.39, 0.29) is 18.8 Å². The number of nitrogens with zero attached hydrogens (tertiary/aromatic N) is 1. The second-order valence-electron chi connectivity index (χ2n) is 3.59. The minimum Gasteiger partial charge on any atom is -0.510 e. The predicted octanol–water partition coefficient (Wildman–Crippen LogP) is 2.72. The number of ether oxygens (including phenoxy) is 1. The fourth-order valence-corrected chi connectivity index (χ4v) is 1.43. The van der Waals surface area contributed by atoms with E-state index in [1.54, 1.807) is 6.92 Å². The van der Waals surface area contributed by atoms with E-state index in [0.29, 0.717) is 6.42 Å².